The van der Waals surface area contributed by atoms with E-state index in [9.17, 15) is 13.2 Å². The summed E-state index contributed by atoms with van der Waals surface area (Å²) >= 11 is 0. The van der Waals surface area contributed by atoms with Crippen LogP contribution >= 0.6 is 0 Å². The van der Waals surface area contributed by atoms with Crippen LogP contribution in [0.3, 0.4) is 0 Å². The van der Waals surface area contributed by atoms with Gasteiger partial charge in [-0.3, -0.25) is 4.79 Å². The zero-order valence-electron chi connectivity index (χ0n) is 14.7. The molecule has 1 amide bonds. The fourth-order valence-electron chi connectivity index (χ4n) is 2.67. The molecule has 2 aromatic rings. The van der Waals surface area contributed by atoms with Crippen LogP contribution < -0.4 is 15.2 Å². The maximum Gasteiger partial charge on any atom is 0.255 e. The van der Waals surface area contributed by atoms with Crippen LogP contribution in [0.15, 0.2) is 41.6 Å². The van der Waals surface area contributed by atoms with Crippen LogP contribution in [0.25, 0.3) is 0 Å². The largest absolute Gasteiger partial charge is 0.484 e. The predicted octanol–water partition coefficient (Wildman–Crippen LogP) is 0.0544. The third kappa shape index (κ3) is 4.36. The summed E-state index contributed by atoms with van der Waals surface area (Å²) in [7, 11) is -3.72. The molecule has 2 heterocycles. The molecule has 0 bridgehead atoms. The Morgan fingerprint density at radius 1 is 1.29 bits per heavy atom. The molecule has 0 spiro atoms. The zero-order valence-corrected chi connectivity index (χ0v) is 15.5. The Morgan fingerprint density at radius 2 is 2.00 bits per heavy atom. The Balaban J connectivity index is 1.66. The fourth-order valence-corrected chi connectivity index (χ4v) is 4.16. The lowest BCUT2D eigenvalue weighted by Crippen LogP contribution is -2.31. The lowest BCUT2D eigenvalue weighted by atomic mass is 10.3. The maximum atomic E-state index is 12.8. The number of hydrogen-bond acceptors (Lipinski definition) is 8. The standard InChI is InChI=1S/C17H17N5O5S/c18-9-15-17(21-7-6-20-15)27-13-5-8-22(10-13)28(24,25)14-3-1-12(2-4-14)26-11-16(19)23/h1-4,6-7,13H,5,8,10-11H2,(H2,19,23). The lowest BCUT2D eigenvalue weighted by Gasteiger charge is -2.17. The van der Waals surface area contributed by atoms with Crippen molar-refractivity contribution in [3.63, 3.8) is 0 Å². The number of rotatable bonds is 7. The Bertz CT molecular complexity index is 1000. The van der Waals surface area contributed by atoms with Crippen LogP contribution in [0.5, 0.6) is 11.6 Å². The van der Waals surface area contributed by atoms with Crippen molar-refractivity contribution >= 4 is 15.9 Å². The maximum absolute atomic E-state index is 12.8. The van der Waals surface area contributed by atoms with Crippen molar-refractivity contribution in [1.82, 2.24) is 14.3 Å². The van der Waals surface area contributed by atoms with Crippen LogP contribution in [-0.2, 0) is 14.8 Å². The van der Waals surface area contributed by atoms with E-state index in [1.807, 2.05) is 6.07 Å². The summed E-state index contributed by atoms with van der Waals surface area (Å²) in [6, 6.07) is 7.60. The summed E-state index contributed by atoms with van der Waals surface area (Å²) in [5.41, 5.74) is 5.06. The van der Waals surface area contributed by atoms with Crippen LogP contribution in [0.1, 0.15) is 12.1 Å². The summed E-state index contributed by atoms with van der Waals surface area (Å²) in [4.78, 5) is 18.7. The van der Waals surface area contributed by atoms with Gasteiger partial charge in [0.15, 0.2) is 6.61 Å². The normalized spacial score (nSPS) is 17.0. The first kappa shape index (κ1) is 19.5. The highest BCUT2D eigenvalue weighted by molar-refractivity contribution is 7.89. The van der Waals surface area contributed by atoms with Gasteiger partial charge in [-0.05, 0) is 30.7 Å². The third-order valence-corrected chi connectivity index (χ3v) is 5.88. The molecule has 1 saturated heterocycles. The van der Waals surface area contributed by atoms with Crippen molar-refractivity contribution < 1.29 is 22.7 Å². The van der Waals surface area contributed by atoms with Crippen LogP contribution in [-0.4, -0.2) is 54.4 Å². The van der Waals surface area contributed by atoms with E-state index in [-0.39, 0.29) is 36.2 Å². The Labute approximate surface area is 161 Å². The number of ether oxygens (including phenoxy) is 2. The van der Waals surface area contributed by atoms with Gasteiger partial charge in [0.05, 0.1) is 11.4 Å². The van der Waals surface area contributed by atoms with Gasteiger partial charge in [-0.1, -0.05) is 0 Å². The second-order valence-electron chi connectivity index (χ2n) is 5.94. The van der Waals surface area contributed by atoms with E-state index in [0.717, 1.165) is 0 Å². The average Bonchev–Trinajstić information content (AvgIpc) is 3.16. The lowest BCUT2D eigenvalue weighted by molar-refractivity contribution is -0.119. The first-order chi connectivity index (χ1) is 13.4. The molecule has 0 aliphatic carbocycles. The molecule has 146 valence electrons. The first-order valence-electron chi connectivity index (χ1n) is 8.29. The zero-order chi connectivity index (χ0) is 20.1. The first-order valence-corrected chi connectivity index (χ1v) is 9.73. The van der Waals surface area contributed by atoms with Crippen molar-refractivity contribution in [2.24, 2.45) is 5.73 Å². The van der Waals surface area contributed by atoms with Crippen molar-refractivity contribution in [2.45, 2.75) is 17.4 Å². The van der Waals surface area contributed by atoms with Gasteiger partial charge >= 0.3 is 0 Å². The highest BCUT2D eigenvalue weighted by Crippen LogP contribution is 2.25. The smallest absolute Gasteiger partial charge is 0.255 e. The van der Waals surface area contributed by atoms with E-state index in [4.69, 9.17) is 20.5 Å². The number of primary amides is 1. The number of carbonyl (C=O) groups excluding carboxylic acids is 1. The van der Waals surface area contributed by atoms with Gasteiger partial charge in [-0.15, -0.1) is 0 Å². The van der Waals surface area contributed by atoms with Crippen molar-refractivity contribution in [1.29, 1.82) is 5.26 Å². The number of nitrogens with two attached hydrogens (primary N) is 1. The van der Waals surface area contributed by atoms with Crippen LogP contribution in [0, 0.1) is 11.3 Å². The summed E-state index contributed by atoms with van der Waals surface area (Å²) in [5.74, 6) is -0.195. The molecule has 0 saturated carbocycles. The molecule has 1 aromatic heterocycles. The number of amides is 1. The van der Waals surface area contributed by atoms with Gasteiger partial charge in [0.2, 0.25) is 15.7 Å². The van der Waals surface area contributed by atoms with Crippen molar-refractivity contribution in [2.75, 3.05) is 19.7 Å². The number of benzene rings is 1. The fraction of sp³-hybridized carbons (Fsp3) is 0.294. The second kappa shape index (κ2) is 8.20. The summed E-state index contributed by atoms with van der Waals surface area (Å²) in [5, 5.41) is 9.04. The minimum atomic E-state index is -3.72. The number of sulfonamides is 1. The van der Waals surface area contributed by atoms with Crippen LogP contribution in [0.4, 0.5) is 0 Å². The molecule has 0 radical (unpaired) electrons. The number of aromatic nitrogens is 2. The molecule has 1 unspecified atom stereocenters. The van der Waals surface area contributed by atoms with Crippen molar-refractivity contribution in [3.8, 4) is 17.7 Å². The molecular weight excluding hydrogens is 386 g/mol. The number of nitrogens with zero attached hydrogens (tertiary/aromatic N) is 4. The van der Waals surface area contributed by atoms with E-state index in [1.165, 1.54) is 41.0 Å². The monoisotopic (exact) mass is 403 g/mol. The molecule has 1 atom stereocenters. The number of nitriles is 1. The van der Waals surface area contributed by atoms with E-state index >= 15 is 0 Å². The number of hydrogen-bond donors (Lipinski definition) is 1. The molecule has 1 aromatic carbocycles. The molecular formula is C17H17N5O5S. The Morgan fingerprint density at radius 3 is 2.68 bits per heavy atom. The minimum Gasteiger partial charge on any atom is -0.484 e. The molecule has 2 N–H and O–H groups in total. The predicted molar refractivity (Wildman–Crippen MR) is 95.7 cm³/mol. The summed E-state index contributed by atoms with van der Waals surface area (Å²) < 4.78 is 37.7. The summed E-state index contributed by atoms with van der Waals surface area (Å²) in [6.45, 7) is 0.114. The average molecular weight is 403 g/mol. The molecule has 10 nitrogen and oxygen atoms in total. The van der Waals surface area contributed by atoms with Gasteiger partial charge in [0.1, 0.15) is 17.9 Å². The molecule has 11 heteroatoms. The molecule has 28 heavy (non-hydrogen) atoms. The highest BCUT2D eigenvalue weighted by Gasteiger charge is 2.34. The van der Waals surface area contributed by atoms with Crippen molar-refractivity contribution in [3.05, 3.63) is 42.4 Å². The molecule has 1 fully saturated rings. The van der Waals surface area contributed by atoms with Gasteiger partial charge in [-0.25, -0.2) is 18.4 Å². The van der Waals surface area contributed by atoms with E-state index in [2.05, 4.69) is 9.97 Å². The van der Waals surface area contributed by atoms with Gasteiger partial charge < -0.3 is 15.2 Å². The van der Waals surface area contributed by atoms with Gasteiger partial charge in [0, 0.05) is 18.9 Å². The quantitative estimate of drug-likeness (QED) is 0.682. The topological polar surface area (TPSA) is 148 Å². The van der Waals surface area contributed by atoms with E-state index in [1.54, 1.807) is 0 Å². The Hall–Kier alpha value is -3.23. The second-order valence-corrected chi connectivity index (χ2v) is 7.88. The van der Waals surface area contributed by atoms with Crippen LogP contribution in [0.2, 0.25) is 0 Å². The minimum absolute atomic E-state index is 0.0513. The Kier molecular flexibility index (Phi) is 5.72. The molecule has 1 aliphatic rings. The molecule has 3 rings (SSSR count). The SMILES string of the molecule is N#Cc1nccnc1OC1CCN(S(=O)(=O)c2ccc(OCC(N)=O)cc2)C1. The highest BCUT2D eigenvalue weighted by atomic mass is 32.2. The summed E-state index contributed by atoms with van der Waals surface area (Å²) in [6.07, 6.45) is 2.81. The van der Waals surface area contributed by atoms with E-state index < -0.39 is 22.0 Å². The van der Waals surface area contributed by atoms with Gasteiger partial charge in [0.25, 0.3) is 11.8 Å². The van der Waals surface area contributed by atoms with Gasteiger partial charge in [-0.2, -0.15) is 9.57 Å². The van der Waals surface area contributed by atoms with E-state index in [0.29, 0.717) is 12.2 Å². The third-order valence-electron chi connectivity index (χ3n) is 4.00. The molecule has 1 aliphatic heterocycles. The number of carbonyl (C=O) groups is 1.